The third-order valence-electron chi connectivity index (χ3n) is 7.91. The molecule has 0 radical (unpaired) electrons. The monoisotopic (exact) mass is 580 g/mol. The summed E-state index contributed by atoms with van der Waals surface area (Å²) in [4.78, 5) is 29.4. The highest BCUT2D eigenvalue weighted by Gasteiger charge is 2.38. The summed E-state index contributed by atoms with van der Waals surface area (Å²) in [6.45, 7) is 3.19. The molecule has 218 valence electrons. The van der Waals surface area contributed by atoms with Crippen molar-refractivity contribution in [2.24, 2.45) is 11.8 Å². The highest BCUT2D eigenvalue weighted by atomic mass is 32.2. The second-order valence-electron chi connectivity index (χ2n) is 10.5. The fraction of sp³-hybridized carbons (Fsp3) is 0.517. The summed E-state index contributed by atoms with van der Waals surface area (Å²) in [7, 11) is -3.71. The Bertz CT molecular complexity index is 1260. The molecule has 1 unspecified atom stereocenters. The van der Waals surface area contributed by atoms with Crippen LogP contribution in [0.5, 0.6) is 0 Å². The fourth-order valence-corrected chi connectivity index (χ4v) is 7.04. The number of nitrogens with zero attached hydrogens (tertiary/aromatic N) is 2. The molecule has 0 bridgehead atoms. The number of amides is 2. The lowest BCUT2D eigenvalue weighted by Gasteiger charge is -2.43. The van der Waals surface area contributed by atoms with Gasteiger partial charge in [0.05, 0.1) is 28.9 Å². The zero-order chi connectivity index (χ0) is 28.9. The number of carbonyl (C=O) groups excluding carboxylic acids is 2. The van der Waals surface area contributed by atoms with Crippen molar-refractivity contribution in [1.82, 2.24) is 9.80 Å². The minimum absolute atomic E-state index is 0.0492. The van der Waals surface area contributed by atoms with Crippen LogP contribution in [0.3, 0.4) is 0 Å². The van der Waals surface area contributed by atoms with Gasteiger partial charge in [0.1, 0.15) is 0 Å². The molecule has 2 fully saturated rings. The van der Waals surface area contributed by atoms with Crippen LogP contribution in [0.2, 0.25) is 0 Å². The predicted octanol–water partition coefficient (Wildman–Crippen LogP) is 5.72. The minimum Gasteiger partial charge on any atom is -0.450 e. The predicted molar refractivity (Wildman–Crippen MR) is 143 cm³/mol. The minimum atomic E-state index is -4.52. The fourth-order valence-electron chi connectivity index (χ4n) is 5.61. The Balaban J connectivity index is 1.34. The third kappa shape index (κ3) is 7.16. The van der Waals surface area contributed by atoms with Crippen LogP contribution in [-0.2, 0) is 25.5 Å². The molecule has 2 aliphatic rings. The summed E-state index contributed by atoms with van der Waals surface area (Å²) in [6, 6.07) is 13.0. The molecule has 0 spiro atoms. The number of rotatable bonds is 7. The van der Waals surface area contributed by atoms with Crippen LogP contribution >= 0.6 is 0 Å². The molecule has 2 aromatic rings. The SMILES string of the molecule is CCOC(=O)N1CCN(C(=O)C2CCC(CCS(=O)(=O)c3ccc(C(F)(F)F)cc3)CC2)C(c2ccccc2)C1. The Hall–Kier alpha value is -3.08. The second-order valence-corrected chi connectivity index (χ2v) is 12.6. The smallest absolute Gasteiger partial charge is 0.416 e. The molecule has 1 atom stereocenters. The molecule has 0 aromatic heterocycles. The Kier molecular flexibility index (Phi) is 9.43. The van der Waals surface area contributed by atoms with Crippen LogP contribution in [-0.4, -0.2) is 62.2 Å². The molecule has 1 heterocycles. The third-order valence-corrected chi connectivity index (χ3v) is 9.67. The van der Waals surface area contributed by atoms with E-state index in [0.717, 1.165) is 29.8 Å². The van der Waals surface area contributed by atoms with Gasteiger partial charge in [-0.3, -0.25) is 4.79 Å². The number of carbonyl (C=O) groups is 2. The first kappa shape index (κ1) is 29.9. The van der Waals surface area contributed by atoms with E-state index in [4.69, 9.17) is 4.74 Å². The topological polar surface area (TPSA) is 84.0 Å². The first-order valence-electron chi connectivity index (χ1n) is 13.7. The van der Waals surface area contributed by atoms with Gasteiger partial charge in [-0.25, -0.2) is 13.2 Å². The van der Waals surface area contributed by atoms with E-state index in [1.165, 1.54) is 0 Å². The van der Waals surface area contributed by atoms with Gasteiger partial charge in [-0.1, -0.05) is 30.3 Å². The van der Waals surface area contributed by atoms with Crippen molar-refractivity contribution in [2.45, 2.75) is 56.1 Å². The maximum Gasteiger partial charge on any atom is 0.416 e. The number of halogens is 3. The summed E-state index contributed by atoms with van der Waals surface area (Å²) in [6.07, 6.45) is -1.81. The standard InChI is InChI=1S/C29H35F3N2O5S/c1-2-39-28(36)33-17-18-34(26(20-33)22-6-4-3-5-7-22)27(35)23-10-8-21(9-11-23)16-19-40(37,38)25-14-12-24(13-15-25)29(30,31)32/h3-7,12-15,21,23,26H,2,8-11,16-20H2,1H3. The van der Waals surface area contributed by atoms with E-state index >= 15 is 0 Å². The van der Waals surface area contributed by atoms with Gasteiger partial charge in [0.25, 0.3) is 0 Å². The van der Waals surface area contributed by atoms with Gasteiger partial charge in [0.2, 0.25) is 5.91 Å². The molecular formula is C29H35F3N2O5S. The molecule has 1 saturated carbocycles. The van der Waals surface area contributed by atoms with Crippen LogP contribution in [0.25, 0.3) is 0 Å². The van der Waals surface area contributed by atoms with Crippen LogP contribution < -0.4 is 0 Å². The normalized spacial score (nSPS) is 22.1. The Morgan fingerprint density at radius 3 is 2.20 bits per heavy atom. The molecule has 0 N–H and O–H groups in total. The Morgan fingerprint density at radius 1 is 0.950 bits per heavy atom. The molecule has 40 heavy (non-hydrogen) atoms. The molecule has 2 amide bonds. The lowest BCUT2D eigenvalue weighted by atomic mass is 9.80. The largest absolute Gasteiger partial charge is 0.450 e. The number of alkyl halides is 3. The average molecular weight is 581 g/mol. The summed E-state index contributed by atoms with van der Waals surface area (Å²) in [5, 5.41) is 0. The molecule has 11 heteroatoms. The van der Waals surface area contributed by atoms with Crippen molar-refractivity contribution < 1.29 is 35.9 Å². The van der Waals surface area contributed by atoms with Gasteiger partial charge < -0.3 is 14.5 Å². The maximum atomic E-state index is 13.7. The quantitative estimate of drug-likeness (QED) is 0.419. The Morgan fingerprint density at radius 2 is 1.60 bits per heavy atom. The van der Waals surface area contributed by atoms with Crippen molar-refractivity contribution >= 4 is 21.8 Å². The van der Waals surface area contributed by atoms with Crippen molar-refractivity contribution in [3.05, 3.63) is 65.7 Å². The first-order valence-corrected chi connectivity index (χ1v) is 15.3. The van der Waals surface area contributed by atoms with Crippen LogP contribution in [0.15, 0.2) is 59.5 Å². The molecule has 1 saturated heterocycles. The number of sulfone groups is 1. The van der Waals surface area contributed by atoms with Crippen LogP contribution in [0, 0.1) is 11.8 Å². The molecule has 7 nitrogen and oxygen atoms in total. The summed E-state index contributed by atoms with van der Waals surface area (Å²) in [5.41, 5.74) is 0.0678. The first-order chi connectivity index (χ1) is 19.0. The van der Waals surface area contributed by atoms with Crippen molar-refractivity contribution in [3.63, 3.8) is 0 Å². The number of benzene rings is 2. The zero-order valence-corrected chi connectivity index (χ0v) is 23.3. The van der Waals surface area contributed by atoms with E-state index in [9.17, 15) is 31.2 Å². The number of piperazine rings is 1. The highest BCUT2D eigenvalue weighted by Crippen LogP contribution is 2.36. The van der Waals surface area contributed by atoms with E-state index in [2.05, 4.69) is 0 Å². The van der Waals surface area contributed by atoms with E-state index in [1.807, 2.05) is 35.2 Å². The zero-order valence-electron chi connectivity index (χ0n) is 22.5. The number of ether oxygens (including phenoxy) is 1. The lowest BCUT2D eigenvalue weighted by molar-refractivity contribution is -0.142. The summed E-state index contributed by atoms with van der Waals surface area (Å²) in [5.74, 6) is -0.150. The van der Waals surface area contributed by atoms with Crippen LogP contribution in [0.4, 0.5) is 18.0 Å². The molecule has 2 aromatic carbocycles. The number of hydrogen-bond donors (Lipinski definition) is 0. The molecule has 1 aliphatic carbocycles. The summed E-state index contributed by atoms with van der Waals surface area (Å²) >= 11 is 0. The molecular weight excluding hydrogens is 545 g/mol. The Labute approximate surface area is 233 Å². The highest BCUT2D eigenvalue weighted by molar-refractivity contribution is 7.91. The van der Waals surface area contributed by atoms with E-state index in [1.54, 1.807) is 11.8 Å². The van der Waals surface area contributed by atoms with Gasteiger partial charge in [-0.15, -0.1) is 0 Å². The van der Waals surface area contributed by atoms with E-state index < -0.39 is 21.6 Å². The van der Waals surface area contributed by atoms with Crippen LogP contribution in [0.1, 0.15) is 56.2 Å². The van der Waals surface area contributed by atoms with Crippen molar-refractivity contribution in [1.29, 1.82) is 0 Å². The molecule has 4 rings (SSSR count). The van der Waals surface area contributed by atoms with Gasteiger partial charge in [-0.05, 0) is 74.8 Å². The molecule has 1 aliphatic heterocycles. The lowest BCUT2D eigenvalue weighted by Crippen LogP contribution is -2.54. The maximum absolute atomic E-state index is 13.7. The van der Waals surface area contributed by atoms with Gasteiger partial charge >= 0.3 is 12.3 Å². The second kappa shape index (κ2) is 12.6. The summed E-state index contributed by atoms with van der Waals surface area (Å²) < 4.78 is 69.0. The van der Waals surface area contributed by atoms with Gasteiger partial charge in [0.15, 0.2) is 9.84 Å². The van der Waals surface area contributed by atoms with Crippen molar-refractivity contribution in [3.8, 4) is 0 Å². The van der Waals surface area contributed by atoms with E-state index in [-0.39, 0.29) is 47.1 Å². The number of hydrogen-bond acceptors (Lipinski definition) is 5. The average Bonchev–Trinajstić information content (AvgIpc) is 2.96. The van der Waals surface area contributed by atoms with E-state index in [0.29, 0.717) is 51.7 Å². The van der Waals surface area contributed by atoms with Gasteiger partial charge in [0, 0.05) is 25.6 Å². The van der Waals surface area contributed by atoms with Gasteiger partial charge in [-0.2, -0.15) is 13.2 Å². The van der Waals surface area contributed by atoms with Crippen molar-refractivity contribution in [2.75, 3.05) is 32.0 Å².